The van der Waals surface area contributed by atoms with E-state index in [0.29, 0.717) is 24.5 Å². The number of amides is 1. The highest BCUT2D eigenvalue weighted by Gasteiger charge is 2.37. The third-order valence-electron chi connectivity index (χ3n) is 4.17. The molecular weight excluding hydrogens is 369 g/mol. The normalized spacial score (nSPS) is 15.9. The third kappa shape index (κ3) is 4.25. The summed E-state index contributed by atoms with van der Waals surface area (Å²) in [7, 11) is -1.38. The number of para-hydroxylation sites is 1. The van der Waals surface area contributed by atoms with Gasteiger partial charge in [0.1, 0.15) is 5.75 Å². The molecule has 0 fully saturated rings. The summed E-state index contributed by atoms with van der Waals surface area (Å²) < 4.78 is 6.79. The average Bonchev–Trinajstić information content (AvgIpc) is 3.09. The molecule has 2 aromatic rings. The fourth-order valence-electron chi connectivity index (χ4n) is 2.87. The van der Waals surface area contributed by atoms with Crippen molar-refractivity contribution in [1.29, 1.82) is 0 Å². The van der Waals surface area contributed by atoms with Crippen LogP contribution >= 0.6 is 0 Å². The van der Waals surface area contributed by atoms with E-state index in [0.717, 1.165) is 0 Å². The summed E-state index contributed by atoms with van der Waals surface area (Å²) in [4.78, 5) is 27.5. The molecule has 0 spiro atoms. The van der Waals surface area contributed by atoms with Gasteiger partial charge in [-0.05, 0) is 28.5 Å². The topological polar surface area (TPSA) is 178 Å². The minimum absolute atomic E-state index is 0.0411. The van der Waals surface area contributed by atoms with E-state index in [1.54, 1.807) is 12.1 Å². The molecule has 0 bridgehead atoms. The zero-order valence-electron chi connectivity index (χ0n) is 14.7. The maximum atomic E-state index is 12.4. The summed E-state index contributed by atoms with van der Waals surface area (Å²) in [6.45, 7) is 0.734. The summed E-state index contributed by atoms with van der Waals surface area (Å²) in [6.07, 6.45) is 1.29. The molecule has 5 N–H and O–H groups in total. The molecule has 146 valence electrons. The molecule has 0 saturated heterocycles. The van der Waals surface area contributed by atoms with Gasteiger partial charge in [-0.1, -0.05) is 12.1 Å². The molecular formula is C15H18BN7O5. The lowest BCUT2D eigenvalue weighted by Crippen LogP contribution is -2.53. The van der Waals surface area contributed by atoms with E-state index in [2.05, 4.69) is 25.8 Å². The van der Waals surface area contributed by atoms with Crippen LogP contribution in [0.5, 0.6) is 5.75 Å². The Morgan fingerprint density at radius 3 is 3.07 bits per heavy atom. The van der Waals surface area contributed by atoms with Gasteiger partial charge in [-0.2, -0.15) is 0 Å². The standard InChI is InChI=1S/C15H18BN7O5/c17-8-18-4-5-23-12(20-21-22-23)7-13(24)19-11-6-9-2-1-3-10(15(25)26)14(9)28-16(11)27/h1-3,8,11,27H,4-7H2,(H2,17,18)(H,19,24)(H,25,26). The predicted octanol–water partition coefficient (Wildman–Crippen LogP) is -1.96. The summed E-state index contributed by atoms with van der Waals surface area (Å²) in [5.74, 6) is -1.86. The Kier molecular flexibility index (Phi) is 5.84. The number of rotatable bonds is 7. The Morgan fingerprint density at radius 1 is 1.50 bits per heavy atom. The van der Waals surface area contributed by atoms with E-state index in [4.69, 9.17) is 10.4 Å². The number of hydrogen-bond acceptors (Lipinski definition) is 8. The van der Waals surface area contributed by atoms with Crippen molar-refractivity contribution in [3.05, 3.63) is 35.2 Å². The number of nitrogens with zero attached hydrogens (tertiary/aromatic N) is 5. The molecule has 1 aromatic carbocycles. The Hall–Kier alpha value is -3.48. The average molecular weight is 387 g/mol. The number of nitrogens with one attached hydrogen (secondary N) is 1. The summed E-state index contributed by atoms with van der Waals surface area (Å²) in [6, 6.07) is 4.66. The molecule has 1 atom stereocenters. The maximum Gasteiger partial charge on any atom is 0.547 e. The first-order valence-corrected chi connectivity index (χ1v) is 8.44. The van der Waals surface area contributed by atoms with E-state index >= 15 is 0 Å². The van der Waals surface area contributed by atoms with Gasteiger partial charge in [-0.3, -0.25) is 9.79 Å². The van der Waals surface area contributed by atoms with Crippen molar-refractivity contribution < 1.29 is 24.4 Å². The molecule has 28 heavy (non-hydrogen) atoms. The lowest BCUT2D eigenvalue weighted by atomic mass is 9.72. The van der Waals surface area contributed by atoms with Crippen LogP contribution in [0.25, 0.3) is 0 Å². The number of nitrogens with two attached hydrogens (primary N) is 1. The van der Waals surface area contributed by atoms with Crippen LogP contribution in [0.2, 0.25) is 0 Å². The zero-order valence-corrected chi connectivity index (χ0v) is 14.7. The number of aromatic carboxylic acids is 1. The van der Waals surface area contributed by atoms with Gasteiger partial charge >= 0.3 is 13.1 Å². The quantitative estimate of drug-likeness (QED) is 0.238. The van der Waals surface area contributed by atoms with Crippen molar-refractivity contribution in [2.24, 2.45) is 10.7 Å². The van der Waals surface area contributed by atoms with Gasteiger partial charge in [0.25, 0.3) is 0 Å². The Morgan fingerprint density at radius 2 is 2.32 bits per heavy atom. The van der Waals surface area contributed by atoms with E-state index < -0.39 is 24.9 Å². The minimum atomic E-state index is -1.38. The molecule has 2 heterocycles. The number of tetrazole rings is 1. The van der Waals surface area contributed by atoms with E-state index in [-0.39, 0.29) is 24.2 Å². The molecule has 1 unspecified atom stereocenters. The van der Waals surface area contributed by atoms with Gasteiger partial charge in [0.2, 0.25) is 5.91 Å². The number of carboxylic acids is 1. The van der Waals surface area contributed by atoms with Crippen molar-refractivity contribution in [2.45, 2.75) is 25.3 Å². The first-order chi connectivity index (χ1) is 13.5. The number of carbonyl (C=O) groups excluding carboxylic acids is 1. The largest absolute Gasteiger partial charge is 0.547 e. The van der Waals surface area contributed by atoms with Crippen molar-refractivity contribution in [3.63, 3.8) is 0 Å². The SMILES string of the molecule is NC=NCCn1nnnc1CC(=O)NC1Cc2cccc(C(=O)O)c2OB1O. The molecule has 0 aliphatic carbocycles. The summed E-state index contributed by atoms with van der Waals surface area (Å²) in [5, 5.41) is 33.2. The second kappa shape index (κ2) is 8.48. The van der Waals surface area contributed by atoms with E-state index in [9.17, 15) is 19.7 Å². The van der Waals surface area contributed by atoms with Crippen LogP contribution in [0.15, 0.2) is 23.2 Å². The van der Waals surface area contributed by atoms with Gasteiger partial charge in [0.05, 0.1) is 37.4 Å². The molecule has 1 aliphatic rings. The Labute approximate surface area is 159 Å². The number of benzene rings is 1. The highest BCUT2D eigenvalue weighted by Crippen LogP contribution is 2.30. The second-order valence-corrected chi connectivity index (χ2v) is 6.04. The molecule has 1 aliphatic heterocycles. The minimum Gasteiger partial charge on any atom is -0.534 e. The smallest absolute Gasteiger partial charge is 0.534 e. The first kappa shape index (κ1) is 19.3. The molecule has 3 rings (SSSR count). The molecule has 1 amide bonds. The van der Waals surface area contributed by atoms with Crippen LogP contribution in [-0.2, 0) is 24.2 Å². The number of hydrogen-bond donors (Lipinski definition) is 4. The number of aromatic nitrogens is 4. The zero-order chi connectivity index (χ0) is 20.1. The summed E-state index contributed by atoms with van der Waals surface area (Å²) >= 11 is 0. The van der Waals surface area contributed by atoms with Crippen LogP contribution in [0, 0.1) is 0 Å². The van der Waals surface area contributed by atoms with E-state index in [1.165, 1.54) is 17.1 Å². The van der Waals surface area contributed by atoms with Crippen LogP contribution in [0.4, 0.5) is 0 Å². The van der Waals surface area contributed by atoms with Crippen LogP contribution < -0.4 is 15.7 Å². The van der Waals surface area contributed by atoms with Gasteiger partial charge in [0, 0.05) is 0 Å². The van der Waals surface area contributed by atoms with Gasteiger partial charge in [-0.15, -0.1) is 5.10 Å². The van der Waals surface area contributed by atoms with Crippen molar-refractivity contribution in [3.8, 4) is 5.75 Å². The van der Waals surface area contributed by atoms with Crippen LogP contribution in [0.3, 0.4) is 0 Å². The second-order valence-electron chi connectivity index (χ2n) is 6.04. The van der Waals surface area contributed by atoms with Crippen molar-refractivity contribution >= 4 is 25.3 Å². The van der Waals surface area contributed by atoms with Gasteiger partial charge in [0.15, 0.2) is 5.82 Å². The van der Waals surface area contributed by atoms with Crippen LogP contribution in [0.1, 0.15) is 21.7 Å². The highest BCUT2D eigenvalue weighted by atomic mass is 16.5. The first-order valence-electron chi connectivity index (χ1n) is 8.44. The van der Waals surface area contributed by atoms with Crippen LogP contribution in [-0.4, -0.2) is 68.2 Å². The fraction of sp³-hybridized carbons (Fsp3) is 0.333. The summed E-state index contributed by atoms with van der Waals surface area (Å²) in [5.41, 5.74) is 5.72. The fourth-order valence-corrected chi connectivity index (χ4v) is 2.87. The van der Waals surface area contributed by atoms with Gasteiger partial charge in [-0.25, -0.2) is 9.48 Å². The number of carboxylic acid groups (broad SMARTS) is 1. The number of carbonyl (C=O) groups is 2. The number of aliphatic imine (C=N–C) groups is 1. The van der Waals surface area contributed by atoms with Crippen molar-refractivity contribution in [2.75, 3.05) is 6.54 Å². The molecule has 0 radical (unpaired) electrons. The highest BCUT2D eigenvalue weighted by molar-refractivity contribution is 6.47. The molecule has 12 nitrogen and oxygen atoms in total. The monoisotopic (exact) mass is 387 g/mol. The Bertz CT molecular complexity index is 903. The molecule has 1 aromatic heterocycles. The van der Waals surface area contributed by atoms with Gasteiger partial charge < -0.3 is 25.8 Å². The lowest BCUT2D eigenvalue weighted by molar-refractivity contribution is -0.121. The van der Waals surface area contributed by atoms with Crippen molar-refractivity contribution in [1.82, 2.24) is 25.5 Å². The van der Waals surface area contributed by atoms with E-state index in [1.807, 2.05) is 0 Å². The molecule has 13 heteroatoms. The number of fused-ring (bicyclic) bond motifs is 1. The Balaban J connectivity index is 1.65. The third-order valence-corrected chi connectivity index (χ3v) is 4.17. The predicted molar refractivity (Wildman–Crippen MR) is 96.7 cm³/mol. The maximum absolute atomic E-state index is 12.4. The molecule has 0 saturated carbocycles. The lowest BCUT2D eigenvalue weighted by Gasteiger charge is -2.28.